The second-order valence-corrected chi connectivity index (χ2v) is 12.4. The summed E-state index contributed by atoms with van der Waals surface area (Å²) in [5, 5.41) is 6.75. The van der Waals surface area contributed by atoms with Crippen molar-refractivity contribution in [2.45, 2.75) is 27.2 Å². The zero-order valence-electron chi connectivity index (χ0n) is 29.3. The lowest BCUT2D eigenvalue weighted by atomic mass is 9.91. The molecule has 2 aliphatic heterocycles. The van der Waals surface area contributed by atoms with Gasteiger partial charge in [-0.2, -0.15) is 0 Å². The van der Waals surface area contributed by atoms with Crippen LogP contribution in [-0.4, -0.2) is 98.0 Å². The molecule has 50 heavy (non-hydrogen) atoms. The van der Waals surface area contributed by atoms with Crippen molar-refractivity contribution in [1.82, 2.24) is 20.0 Å². The van der Waals surface area contributed by atoms with E-state index in [0.29, 0.717) is 57.7 Å². The zero-order valence-corrected chi connectivity index (χ0v) is 30.0. The number of rotatable bonds is 13. The summed E-state index contributed by atoms with van der Waals surface area (Å²) in [7, 11) is 3.62. The molecule has 0 aliphatic carbocycles. The second-order valence-electron chi connectivity index (χ2n) is 12.0. The van der Waals surface area contributed by atoms with Gasteiger partial charge in [0.05, 0.1) is 17.6 Å². The van der Waals surface area contributed by atoms with Crippen molar-refractivity contribution in [2.24, 2.45) is 4.99 Å². The Morgan fingerprint density at radius 1 is 0.800 bits per heavy atom. The minimum atomic E-state index is -0.335. The van der Waals surface area contributed by atoms with Crippen LogP contribution in [0.5, 0.6) is 0 Å². The fraction of sp³-hybridized carbons (Fsp3) is 0.308. The molecule has 0 aromatic heterocycles. The number of carbonyl (C=O) groups is 4. The van der Waals surface area contributed by atoms with Crippen molar-refractivity contribution in [2.75, 3.05) is 58.3 Å². The average molecular weight is 695 g/mol. The summed E-state index contributed by atoms with van der Waals surface area (Å²) < 4.78 is 0. The molecule has 0 atom stereocenters. The molecule has 0 saturated carbocycles. The van der Waals surface area contributed by atoms with Gasteiger partial charge >= 0.3 is 0 Å². The molecule has 0 fully saturated rings. The van der Waals surface area contributed by atoms with Gasteiger partial charge < -0.3 is 15.1 Å². The van der Waals surface area contributed by atoms with Crippen LogP contribution in [0.3, 0.4) is 0 Å². The Labute approximate surface area is 298 Å². The Kier molecular flexibility index (Phi) is 11.5. The lowest BCUT2D eigenvalue weighted by Crippen LogP contribution is -2.44. The number of aliphatic imine (C=N–C) groups is 1. The fourth-order valence-electron chi connectivity index (χ4n) is 6.59. The van der Waals surface area contributed by atoms with Crippen LogP contribution in [0.15, 0.2) is 72.4 Å². The molecule has 1 N–H and O–H groups in total. The Balaban J connectivity index is 0.00000239. The molecule has 6 rings (SSSR count). The maximum atomic E-state index is 13.5. The number of imide groups is 2. The number of hydrogen-bond acceptors (Lipinski definition) is 7. The molecule has 11 heteroatoms. The van der Waals surface area contributed by atoms with Gasteiger partial charge in [0.25, 0.3) is 23.6 Å². The van der Waals surface area contributed by atoms with Gasteiger partial charge in [-0.3, -0.25) is 34.0 Å². The van der Waals surface area contributed by atoms with Gasteiger partial charge in [-0.05, 0) is 74.8 Å². The normalized spacial score (nSPS) is 13.9. The van der Waals surface area contributed by atoms with E-state index in [4.69, 9.17) is 11.6 Å². The molecule has 0 radical (unpaired) electrons. The van der Waals surface area contributed by atoms with E-state index < -0.39 is 0 Å². The Morgan fingerprint density at radius 3 is 2.02 bits per heavy atom. The molecule has 10 nitrogen and oxygen atoms in total. The summed E-state index contributed by atoms with van der Waals surface area (Å²) in [6.07, 6.45) is 4.06. The third-order valence-corrected chi connectivity index (χ3v) is 9.51. The molecule has 4 aromatic rings. The molecular weight excluding hydrogens is 652 g/mol. The highest BCUT2D eigenvalue weighted by Crippen LogP contribution is 2.37. The van der Waals surface area contributed by atoms with Crippen molar-refractivity contribution in [1.29, 1.82) is 0 Å². The van der Waals surface area contributed by atoms with Crippen molar-refractivity contribution in [3.63, 3.8) is 0 Å². The highest BCUT2D eigenvalue weighted by molar-refractivity contribution is 6.35. The van der Waals surface area contributed by atoms with Gasteiger partial charge in [0.1, 0.15) is 0 Å². The SMILES string of the molecule is C=CN(C=NC)c1ccc2c3c(cccc13)C(=O)N(CCN(C)CCCNCCN1C(=O)c3cccc4c(C)c(Cl)cc(c34)C1=O)C2=O.CC. The van der Waals surface area contributed by atoms with Crippen LogP contribution in [0.2, 0.25) is 5.02 Å². The second kappa shape index (κ2) is 15.8. The maximum absolute atomic E-state index is 13.5. The standard InChI is InChI=1S/C37H37ClN6O4.C2H6/c1-5-42(22-39-3)31-14-13-28-33-25(31)10-7-12-27(33)35(46)44(36(28)47)20-19-41(4)17-8-15-40-16-18-43-34(45)26-11-6-9-24-23(2)30(38)21-29(32(24)26)37(43)48;1-2/h5-7,9-14,21-22,40H,1,8,15-20H2,2-4H3;1-2H3. The molecule has 260 valence electrons. The van der Waals surface area contributed by atoms with Gasteiger partial charge in [-0.15, -0.1) is 0 Å². The third-order valence-electron chi connectivity index (χ3n) is 9.11. The predicted molar refractivity (Wildman–Crippen MR) is 202 cm³/mol. The van der Waals surface area contributed by atoms with E-state index in [-0.39, 0.29) is 36.7 Å². The van der Waals surface area contributed by atoms with Crippen LogP contribution in [0.25, 0.3) is 21.5 Å². The van der Waals surface area contributed by atoms with Gasteiger partial charge in [-0.1, -0.05) is 56.3 Å². The number of aryl methyl sites for hydroxylation is 1. The van der Waals surface area contributed by atoms with Crippen LogP contribution in [0.4, 0.5) is 5.69 Å². The number of anilines is 1. The van der Waals surface area contributed by atoms with Crippen molar-refractivity contribution in [3.8, 4) is 0 Å². The van der Waals surface area contributed by atoms with E-state index in [1.165, 1.54) is 9.80 Å². The van der Waals surface area contributed by atoms with Crippen LogP contribution >= 0.6 is 11.6 Å². The molecule has 4 aromatic carbocycles. The minimum absolute atomic E-state index is 0.238. The largest absolute Gasteiger partial charge is 0.315 e. The summed E-state index contributed by atoms with van der Waals surface area (Å²) in [6, 6.07) is 16.2. The van der Waals surface area contributed by atoms with Crippen molar-refractivity contribution >= 4 is 68.8 Å². The first-order valence-corrected chi connectivity index (χ1v) is 17.3. The van der Waals surface area contributed by atoms with Crippen LogP contribution in [0, 0.1) is 6.92 Å². The summed E-state index contributed by atoms with van der Waals surface area (Å²) in [5.41, 5.74) is 3.60. The number of carbonyl (C=O) groups excluding carboxylic acids is 4. The highest BCUT2D eigenvalue weighted by Gasteiger charge is 2.35. The molecule has 4 amide bonds. The number of hydrogen-bond donors (Lipinski definition) is 1. The summed E-state index contributed by atoms with van der Waals surface area (Å²) in [4.78, 5) is 64.1. The monoisotopic (exact) mass is 694 g/mol. The van der Waals surface area contributed by atoms with Gasteiger partial charge in [0.2, 0.25) is 0 Å². The first-order chi connectivity index (χ1) is 24.2. The number of nitrogens with one attached hydrogen (secondary N) is 1. The van der Waals surface area contributed by atoms with Crippen molar-refractivity contribution < 1.29 is 19.2 Å². The van der Waals surface area contributed by atoms with E-state index in [2.05, 4.69) is 21.8 Å². The van der Waals surface area contributed by atoms with Crippen molar-refractivity contribution in [3.05, 3.63) is 100 Å². The van der Waals surface area contributed by atoms with E-state index in [1.54, 1.807) is 48.8 Å². The number of amides is 4. The lowest BCUT2D eigenvalue weighted by molar-refractivity contribution is 0.0589. The highest BCUT2D eigenvalue weighted by atomic mass is 35.5. The van der Waals surface area contributed by atoms with E-state index in [9.17, 15) is 19.2 Å². The quantitative estimate of drug-likeness (QED) is 0.0748. The van der Waals surface area contributed by atoms with Gasteiger partial charge in [-0.25, -0.2) is 0 Å². The fourth-order valence-corrected chi connectivity index (χ4v) is 6.80. The van der Waals surface area contributed by atoms with Crippen LogP contribution in [-0.2, 0) is 0 Å². The van der Waals surface area contributed by atoms with E-state index >= 15 is 0 Å². The summed E-state index contributed by atoms with van der Waals surface area (Å²) in [5.74, 6) is -1.25. The maximum Gasteiger partial charge on any atom is 0.261 e. The van der Waals surface area contributed by atoms with E-state index in [1.807, 2.05) is 58.2 Å². The van der Waals surface area contributed by atoms with Crippen LogP contribution < -0.4 is 10.2 Å². The molecule has 0 unspecified atom stereocenters. The number of halogens is 1. The molecule has 2 heterocycles. The van der Waals surface area contributed by atoms with E-state index in [0.717, 1.165) is 35.0 Å². The predicted octanol–water partition coefficient (Wildman–Crippen LogP) is 6.39. The average Bonchev–Trinajstić information content (AvgIpc) is 3.13. The Bertz CT molecular complexity index is 2000. The first kappa shape index (κ1) is 36.4. The van der Waals surface area contributed by atoms with Gasteiger partial charge in [0.15, 0.2) is 0 Å². The topological polar surface area (TPSA) is 106 Å². The molecule has 0 spiro atoms. The minimum Gasteiger partial charge on any atom is -0.315 e. The van der Waals surface area contributed by atoms with Gasteiger partial charge in [0, 0.05) is 77.3 Å². The first-order valence-electron chi connectivity index (χ1n) is 16.9. The van der Waals surface area contributed by atoms with Crippen LogP contribution in [0.1, 0.15) is 67.3 Å². The summed E-state index contributed by atoms with van der Waals surface area (Å²) >= 11 is 6.41. The summed E-state index contributed by atoms with van der Waals surface area (Å²) in [6.45, 7) is 12.6. The number of nitrogens with zero attached hydrogens (tertiary/aromatic N) is 5. The molecule has 0 bridgehead atoms. The number of likely N-dealkylation sites (N-methyl/N-ethyl adjacent to an activating group) is 1. The lowest BCUT2D eigenvalue weighted by Gasteiger charge is -2.30. The molecule has 2 aliphatic rings. The smallest absolute Gasteiger partial charge is 0.261 e. The zero-order chi connectivity index (χ0) is 36.1. The third kappa shape index (κ3) is 6.66. The molecule has 0 saturated heterocycles. The number of benzene rings is 4. The molecular formula is C39H43ClN6O4. The Morgan fingerprint density at radius 2 is 1.38 bits per heavy atom. The Hall–Kier alpha value is -4.90.